The van der Waals surface area contributed by atoms with Gasteiger partial charge in [-0.2, -0.15) is 0 Å². The fourth-order valence-electron chi connectivity index (χ4n) is 4.81. The summed E-state index contributed by atoms with van der Waals surface area (Å²) >= 11 is 13.0. The van der Waals surface area contributed by atoms with Gasteiger partial charge in [-0.15, -0.1) is 0 Å². The summed E-state index contributed by atoms with van der Waals surface area (Å²) in [5.41, 5.74) is 2.73. The standard InChI is InChI=1S/C26H22Cl2O4/c27-16-12-17(26(18(28)13-16)31-14-15-6-2-1-3-7-15)23-24-19(29)8-4-10-21(24)32-22-11-5-9-20(30)25(22)23/h1-3,6-7,12-13,23H,4-5,8-11,14H2. The molecule has 2 aromatic rings. The molecule has 0 N–H and O–H groups in total. The predicted molar refractivity (Wildman–Crippen MR) is 123 cm³/mol. The Morgan fingerprint density at radius 2 is 1.50 bits per heavy atom. The number of carbonyl (C=O) groups excluding carboxylic acids is 2. The largest absolute Gasteiger partial charge is 0.487 e. The zero-order valence-electron chi connectivity index (χ0n) is 17.5. The van der Waals surface area contributed by atoms with Crippen molar-refractivity contribution in [1.82, 2.24) is 0 Å². The van der Waals surface area contributed by atoms with Gasteiger partial charge < -0.3 is 9.47 Å². The van der Waals surface area contributed by atoms with Gasteiger partial charge in [0.1, 0.15) is 23.9 Å². The van der Waals surface area contributed by atoms with Gasteiger partial charge in [-0.1, -0.05) is 53.5 Å². The second kappa shape index (κ2) is 8.76. The quantitative estimate of drug-likeness (QED) is 0.500. The van der Waals surface area contributed by atoms with Crippen LogP contribution in [-0.4, -0.2) is 11.6 Å². The summed E-state index contributed by atoms with van der Waals surface area (Å²) in [6.07, 6.45) is 3.71. The first-order valence-electron chi connectivity index (χ1n) is 10.9. The van der Waals surface area contributed by atoms with Crippen LogP contribution in [0, 0.1) is 0 Å². The van der Waals surface area contributed by atoms with E-state index < -0.39 is 5.92 Å². The zero-order chi connectivity index (χ0) is 22.2. The van der Waals surface area contributed by atoms with Crippen LogP contribution in [0.1, 0.15) is 55.6 Å². The number of ether oxygens (including phenoxy) is 2. The molecule has 0 bridgehead atoms. The molecule has 0 radical (unpaired) electrons. The minimum atomic E-state index is -0.573. The van der Waals surface area contributed by atoms with Crippen LogP contribution in [0.5, 0.6) is 5.75 Å². The highest BCUT2D eigenvalue weighted by Crippen LogP contribution is 2.51. The summed E-state index contributed by atoms with van der Waals surface area (Å²) in [6.45, 7) is 0.304. The fraction of sp³-hybridized carbons (Fsp3) is 0.308. The summed E-state index contributed by atoms with van der Waals surface area (Å²) in [6, 6.07) is 13.2. The zero-order valence-corrected chi connectivity index (χ0v) is 19.0. The van der Waals surface area contributed by atoms with Crippen LogP contribution in [0.25, 0.3) is 0 Å². The summed E-state index contributed by atoms with van der Waals surface area (Å²) in [5.74, 6) is 1.23. The molecule has 1 aliphatic heterocycles. The lowest BCUT2D eigenvalue weighted by Crippen LogP contribution is -2.30. The highest BCUT2D eigenvalue weighted by molar-refractivity contribution is 6.35. The van der Waals surface area contributed by atoms with Crippen LogP contribution in [0.3, 0.4) is 0 Å². The van der Waals surface area contributed by atoms with Crippen molar-refractivity contribution in [2.45, 2.75) is 51.0 Å². The van der Waals surface area contributed by atoms with Crippen molar-refractivity contribution in [1.29, 1.82) is 0 Å². The summed E-state index contributed by atoms with van der Waals surface area (Å²) in [4.78, 5) is 26.2. The predicted octanol–water partition coefficient (Wildman–Crippen LogP) is 6.70. The number of ketones is 2. The molecule has 2 aliphatic carbocycles. The number of benzene rings is 2. The van der Waals surface area contributed by atoms with Crippen LogP contribution in [0.4, 0.5) is 0 Å². The number of rotatable bonds is 4. The van der Waals surface area contributed by atoms with E-state index in [2.05, 4.69) is 0 Å². The third-order valence-electron chi connectivity index (χ3n) is 6.21. The number of hydrogen-bond donors (Lipinski definition) is 0. The summed E-state index contributed by atoms with van der Waals surface area (Å²) in [7, 11) is 0. The maximum absolute atomic E-state index is 13.1. The highest BCUT2D eigenvalue weighted by Gasteiger charge is 2.43. The molecular weight excluding hydrogens is 447 g/mol. The van der Waals surface area contributed by atoms with E-state index in [1.807, 2.05) is 30.3 Å². The van der Waals surface area contributed by atoms with E-state index in [9.17, 15) is 9.59 Å². The average Bonchev–Trinajstić information content (AvgIpc) is 2.78. The van der Waals surface area contributed by atoms with E-state index in [1.54, 1.807) is 12.1 Å². The van der Waals surface area contributed by atoms with Crippen LogP contribution < -0.4 is 4.74 Å². The lowest BCUT2D eigenvalue weighted by atomic mass is 9.73. The van der Waals surface area contributed by atoms with Crippen LogP contribution >= 0.6 is 23.2 Å². The van der Waals surface area contributed by atoms with Crippen molar-refractivity contribution >= 4 is 34.8 Å². The average molecular weight is 469 g/mol. The second-order valence-corrected chi connectivity index (χ2v) is 9.19. The lowest BCUT2D eigenvalue weighted by molar-refractivity contribution is -0.117. The smallest absolute Gasteiger partial charge is 0.163 e. The van der Waals surface area contributed by atoms with Crippen LogP contribution in [0.15, 0.2) is 65.1 Å². The summed E-state index contributed by atoms with van der Waals surface area (Å²) < 4.78 is 12.3. The minimum absolute atomic E-state index is 0.00582. The number of allylic oxidation sites excluding steroid dienone is 4. The van der Waals surface area contributed by atoms with Crippen molar-refractivity contribution in [3.05, 3.63) is 86.3 Å². The van der Waals surface area contributed by atoms with Crippen molar-refractivity contribution in [2.75, 3.05) is 0 Å². The first-order valence-corrected chi connectivity index (χ1v) is 11.6. The van der Waals surface area contributed by atoms with Crippen LogP contribution in [0.2, 0.25) is 10.0 Å². The number of hydrogen-bond acceptors (Lipinski definition) is 4. The first-order chi connectivity index (χ1) is 15.5. The number of Topliss-reactive ketones (excluding diaryl/α,β-unsaturated/α-hetero) is 2. The SMILES string of the molecule is O=C1CCCC2=C1C(c1cc(Cl)cc(Cl)c1OCc1ccccc1)C1=C(CCCC1=O)O2. The van der Waals surface area contributed by atoms with Gasteiger partial charge in [0.05, 0.1) is 10.9 Å². The molecule has 0 spiro atoms. The number of carbonyl (C=O) groups is 2. The Labute approximate surface area is 196 Å². The Morgan fingerprint density at radius 3 is 2.12 bits per heavy atom. The molecule has 0 amide bonds. The highest BCUT2D eigenvalue weighted by atomic mass is 35.5. The normalized spacial score (nSPS) is 18.9. The van der Waals surface area contributed by atoms with Crippen molar-refractivity contribution in [3.8, 4) is 5.75 Å². The molecule has 3 aliphatic rings. The fourth-order valence-corrected chi connectivity index (χ4v) is 5.37. The maximum atomic E-state index is 13.1. The van der Waals surface area contributed by atoms with E-state index in [4.69, 9.17) is 32.7 Å². The molecule has 6 heteroatoms. The molecule has 2 aromatic carbocycles. The van der Waals surface area contributed by atoms with E-state index in [-0.39, 0.29) is 11.6 Å². The van der Waals surface area contributed by atoms with Gasteiger partial charge in [0.25, 0.3) is 0 Å². The molecule has 0 atom stereocenters. The van der Waals surface area contributed by atoms with Gasteiger partial charge in [-0.3, -0.25) is 9.59 Å². The topological polar surface area (TPSA) is 52.6 Å². The van der Waals surface area contributed by atoms with Gasteiger partial charge >= 0.3 is 0 Å². The van der Waals surface area contributed by atoms with Gasteiger partial charge in [0.2, 0.25) is 0 Å². The Kier molecular flexibility index (Phi) is 5.83. The molecule has 0 fully saturated rings. The van der Waals surface area contributed by atoms with E-state index >= 15 is 0 Å². The second-order valence-electron chi connectivity index (χ2n) is 8.34. The first kappa shape index (κ1) is 21.3. The molecule has 4 nitrogen and oxygen atoms in total. The van der Waals surface area contributed by atoms with Crippen molar-refractivity contribution in [3.63, 3.8) is 0 Å². The molecule has 32 heavy (non-hydrogen) atoms. The third-order valence-corrected chi connectivity index (χ3v) is 6.71. The lowest BCUT2D eigenvalue weighted by Gasteiger charge is -2.36. The van der Waals surface area contributed by atoms with E-state index in [1.165, 1.54) is 0 Å². The monoisotopic (exact) mass is 468 g/mol. The molecule has 1 heterocycles. The van der Waals surface area contributed by atoms with Crippen LogP contribution in [-0.2, 0) is 20.9 Å². The molecule has 5 rings (SSSR count). The van der Waals surface area contributed by atoms with Gasteiger partial charge in [-0.05, 0) is 30.5 Å². The Balaban J connectivity index is 1.66. The Bertz CT molecular complexity index is 1120. The maximum Gasteiger partial charge on any atom is 0.163 e. The molecular formula is C26H22Cl2O4. The van der Waals surface area contributed by atoms with Gasteiger partial charge in [0.15, 0.2) is 11.6 Å². The molecule has 0 saturated heterocycles. The minimum Gasteiger partial charge on any atom is -0.487 e. The Morgan fingerprint density at radius 1 is 0.875 bits per heavy atom. The third kappa shape index (κ3) is 3.87. The van der Waals surface area contributed by atoms with E-state index in [0.717, 1.165) is 18.4 Å². The summed E-state index contributed by atoms with van der Waals surface area (Å²) in [5, 5.41) is 0.783. The van der Waals surface area contributed by atoms with Gasteiger partial charge in [0, 0.05) is 47.4 Å². The van der Waals surface area contributed by atoms with Crippen molar-refractivity contribution < 1.29 is 19.1 Å². The molecule has 0 aromatic heterocycles. The molecule has 164 valence electrons. The van der Waals surface area contributed by atoms with Crippen molar-refractivity contribution in [2.24, 2.45) is 0 Å². The number of halogens is 2. The Hall–Kier alpha value is -2.56. The molecule has 0 saturated carbocycles. The van der Waals surface area contributed by atoms with E-state index in [0.29, 0.717) is 76.3 Å². The van der Waals surface area contributed by atoms with Gasteiger partial charge in [-0.25, -0.2) is 0 Å². The molecule has 0 unspecified atom stereocenters.